The van der Waals surface area contributed by atoms with Crippen LogP contribution in [0.1, 0.15) is 38.8 Å². The highest BCUT2D eigenvalue weighted by atomic mass is 16.5. The molecule has 1 aromatic rings. The van der Waals surface area contributed by atoms with Crippen LogP contribution in [-0.4, -0.2) is 42.0 Å². The summed E-state index contributed by atoms with van der Waals surface area (Å²) in [4.78, 5) is 25.9. The number of hydrogen-bond donors (Lipinski definition) is 1. The van der Waals surface area contributed by atoms with E-state index in [-0.39, 0.29) is 36.4 Å². The summed E-state index contributed by atoms with van der Waals surface area (Å²) in [7, 11) is 0. The second-order valence-corrected chi connectivity index (χ2v) is 5.91. The van der Waals surface area contributed by atoms with Crippen molar-refractivity contribution in [3.63, 3.8) is 0 Å². The summed E-state index contributed by atoms with van der Waals surface area (Å²) < 4.78 is 5.56. The standard InChI is InChI=1S/C17H24N2O3/c1-12-11-22-13(2)10-19(12)17(21)9-16(18-14(3)20)15-7-5-4-6-8-15/h4-8,12-13,16H,9-11H2,1-3H3,(H,18,20). The third-order valence-corrected chi connectivity index (χ3v) is 3.89. The van der Waals surface area contributed by atoms with Gasteiger partial charge in [0.15, 0.2) is 0 Å². The zero-order chi connectivity index (χ0) is 16.1. The maximum atomic E-state index is 12.6. The maximum Gasteiger partial charge on any atom is 0.225 e. The average molecular weight is 304 g/mol. The number of benzene rings is 1. The lowest BCUT2D eigenvalue weighted by Gasteiger charge is -2.37. The van der Waals surface area contributed by atoms with Crippen molar-refractivity contribution < 1.29 is 14.3 Å². The molecule has 3 atom stereocenters. The van der Waals surface area contributed by atoms with Crippen molar-refractivity contribution in [3.05, 3.63) is 35.9 Å². The minimum absolute atomic E-state index is 0.0465. The molecule has 1 fully saturated rings. The fourth-order valence-electron chi connectivity index (χ4n) is 2.73. The Morgan fingerprint density at radius 3 is 2.64 bits per heavy atom. The van der Waals surface area contributed by atoms with Crippen molar-refractivity contribution in [2.45, 2.75) is 45.4 Å². The van der Waals surface area contributed by atoms with E-state index >= 15 is 0 Å². The number of carbonyl (C=O) groups is 2. The van der Waals surface area contributed by atoms with Gasteiger partial charge in [0.05, 0.1) is 31.2 Å². The number of hydrogen-bond acceptors (Lipinski definition) is 3. The molecule has 1 heterocycles. The van der Waals surface area contributed by atoms with Gasteiger partial charge in [0.2, 0.25) is 11.8 Å². The van der Waals surface area contributed by atoms with Gasteiger partial charge in [0.1, 0.15) is 0 Å². The van der Waals surface area contributed by atoms with E-state index in [1.807, 2.05) is 49.1 Å². The van der Waals surface area contributed by atoms with Gasteiger partial charge >= 0.3 is 0 Å². The van der Waals surface area contributed by atoms with Gasteiger partial charge < -0.3 is 15.0 Å². The Balaban J connectivity index is 2.09. The van der Waals surface area contributed by atoms with Crippen molar-refractivity contribution >= 4 is 11.8 Å². The topological polar surface area (TPSA) is 58.6 Å². The SMILES string of the molecule is CC(=O)NC(CC(=O)N1CC(C)OCC1C)c1ccccc1. The third kappa shape index (κ3) is 4.31. The lowest BCUT2D eigenvalue weighted by atomic mass is 10.0. The van der Waals surface area contributed by atoms with Gasteiger partial charge in [-0.15, -0.1) is 0 Å². The highest BCUT2D eigenvalue weighted by Gasteiger charge is 2.29. The molecule has 1 aliphatic heterocycles. The summed E-state index contributed by atoms with van der Waals surface area (Å²) in [6.45, 7) is 6.58. The highest BCUT2D eigenvalue weighted by Crippen LogP contribution is 2.20. The molecule has 5 nitrogen and oxygen atoms in total. The number of ether oxygens (including phenoxy) is 1. The smallest absolute Gasteiger partial charge is 0.225 e. The van der Waals surface area contributed by atoms with E-state index in [0.29, 0.717) is 13.2 Å². The van der Waals surface area contributed by atoms with Crippen LogP contribution in [0.2, 0.25) is 0 Å². The Bertz CT molecular complexity index is 518. The van der Waals surface area contributed by atoms with Crippen molar-refractivity contribution in [2.24, 2.45) is 0 Å². The Labute approximate surface area is 131 Å². The van der Waals surface area contributed by atoms with Crippen LogP contribution in [0.5, 0.6) is 0 Å². The first-order chi connectivity index (χ1) is 10.5. The van der Waals surface area contributed by atoms with E-state index in [4.69, 9.17) is 4.74 Å². The molecule has 1 N–H and O–H groups in total. The van der Waals surface area contributed by atoms with Crippen LogP contribution in [0.25, 0.3) is 0 Å². The molecule has 1 aliphatic rings. The van der Waals surface area contributed by atoms with Gasteiger partial charge in [-0.05, 0) is 19.4 Å². The van der Waals surface area contributed by atoms with Gasteiger partial charge in [-0.3, -0.25) is 9.59 Å². The molecule has 0 aliphatic carbocycles. The number of nitrogens with one attached hydrogen (secondary N) is 1. The normalized spacial score (nSPS) is 23.0. The summed E-state index contributed by atoms with van der Waals surface area (Å²) in [6, 6.07) is 9.37. The van der Waals surface area contributed by atoms with Crippen molar-refractivity contribution in [3.8, 4) is 0 Å². The lowest BCUT2D eigenvalue weighted by Crippen LogP contribution is -2.51. The summed E-state index contributed by atoms with van der Waals surface area (Å²) in [5, 5.41) is 2.87. The van der Waals surface area contributed by atoms with E-state index in [1.54, 1.807) is 0 Å². The Kier molecular flexibility index (Phi) is 5.55. The van der Waals surface area contributed by atoms with Crippen LogP contribution < -0.4 is 5.32 Å². The Morgan fingerprint density at radius 2 is 2.00 bits per heavy atom. The van der Waals surface area contributed by atoms with E-state index in [1.165, 1.54) is 6.92 Å². The van der Waals surface area contributed by atoms with Crippen LogP contribution in [0.15, 0.2) is 30.3 Å². The number of morpholine rings is 1. The molecule has 1 aromatic carbocycles. The van der Waals surface area contributed by atoms with Gasteiger partial charge in [-0.2, -0.15) is 0 Å². The van der Waals surface area contributed by atoms with Crippen molar-refractivity contribution in [2.75, 3.05) is 13.2 Å². The maximum absolute atomic E-state index is 12.6. The zero-order valence-corrected chi connectivity index (χ0v) is 13.4. The first kappa shape index (κ1) is 16.5. The molecule has 5 heteroatoms. The quantitative estimate of drug-likeness (QED) is 0.924. The molecule has 1 saturated heterocycles. The summed E-state index contributed by atoms with van der Waals surface area (Å²) >= 11 is 0. The predicted molar refractivity (Wildman–Crippen MR) is 84.2 cm³/mol. The first-order valence-corrected chi connectivity index (χ1v) is 7.70. The Morgan fingerprint density at radius 1 is 1.32 bits per heavy atom. The molecule has 3 unspecified atom stereocenters. The summed E-state index contributed by atoms with van der Waals surface area (Å²) in [5.74, 6) is -0.0877. The largest absolute Gasteiger partial charge is 0.375 e. The van der Waals surface area contributed by atoms with Gasteiger partial charge in [0, 0.05) is 13.5 Å². The van der Waals surface area contributed by atoms with E-state index in [2.05, 4.69) is 5.32 Å². The predicted octanol–water partition coefficient (Wildman–Crippen LogP) is 1.89. The van der Waals surface area contributed by atoms with Crippen LogP contribution in [0.4, 0.5) is 0 Å². The fourth-order valence-corrected chi connectivity index (χ4v) is 2.73. The number of carbonyl (C=O) groups excluding carboxylic acids is 2. The van der Waals surface area contributed by atoms with Gasteiger partial charge in [-0.1, -0.05) is 30.3 Å². The minimum atomic E-state index is -0.295. The van der Waals surface area contributed by atoms with E-state index in [0.717, 1.165) is 5.56 Å². The average Bonchev–Trinajstić information content (AvgIpc) is 2.49. The molecular weight excluding hydrogens is 280 g/mol. The van der Waals surface area contributed by atoms with Crippen molar-refractivity contribution in [1.29, 1.82) is 0 Å². The highest BCUT2D eigenvalue weighted by molar-refractivity contribution is 5.79. The van der Waals surface area contributed by atoms with Crippen LogP contribution in [-0.2, 0) is 14.3 Å². The van der Waals surface area contributed by atoms with Gasteiger partial charge in [-0.25, -0.2) is 0 Å². The molecule has 2 rings (SSSR count). The van der Waals surface area contributed by atoms with Crippen LogP contribution in [0, 0.1) is 0 Å². The zero-order valence-electron chi connectivity index (χ0n) is 13.4. The second kappa shape index (κ2) is 7.40. The van der Waals surface area contributed by atoms with E-state index < -0.39 is 0 Å². The number of rotatable bonds is 4. The molecule has 0 aromatic heterocycles. The molecular formula is C17H24N2O3. The molecule has 0 radical (unpaired) electrons. The summed E-state index contributed by atoms with van der Waals surface area (Å²) in [5.41, 5.74) is 0.944. The molecule has 22 heavy (non-hydrogen) atoms. The molecule has 2 amide bonds. The minimum Gasteiger partial charge on any atom is -0.375 e. The summed E-state index contributed by atoms with van der Waals surface area (Å²) in [6.07, 6.45) is 0.316. The molecule has 0 bridgehead atoms. The van der Waals surface area contributed by atoms with Crippen LogP contribution >= 0.6 is 0 Å². The molecule has 120 valence electrons. The van der Waals surface area contributed by atoms with Gasteiger partial charge in [0.25, 0.3) is 0 Å². The third-order valence-electron chi connectivity index (χ3n) is 3.89. The number of amides is 2. The molecule has 0 saturated carbocycles. The van der Waals surface area contributed by atoms with Crippen LogP contribution in [0.3, 0.4) is 0 Å². The second-order valence-electron chi connectivity index (χ2n) is 5.91. The number of nitrogens with zero attached hydrogens (tertiary/aromatic N) is 1. The molecule has 0 spiro atoms. The van der Waals surface area contributed by atoms with E-state index in [9.17, 15) is 9.59 Å². The fraction of sp³-hybridized carbons (Fsp3) is 0.529. The van der Waals surface area contributed by atoms with Crippen molar-refractivity contribution in [1.82, 2.24) is 10.2 Å². The lowest BCUT2D eigenvalue weighted by molar-refractivity contribution is -0.143. The Hall–Kier alpha value is -1.88. The monoisotopic (exact) mass is 304 g/mol. The first-order valence-electron chi connectivity index (χ1n) is 7.70.